The van der Waals surface area contributed by atoms with Crippen molar-refractivity contribution in [3.05, 3.63) is 29.6 Å². The van der Waals surface area contributed by atoms with E-state index < -0.39 is 0 Å². The molecule has 1 atom stereocenters. The Hall–Kier alpha value is -0.740. The summed E-state index contributed by atoms with van der Waals surface area (Å²) in [7, 11) is 3.98. The molecule has 0 radical (unpaired) electrons. The van der Waals surface area contributed by atoms with Crippen LogP contribution < -0.4 is 4.74 Å². The Balaban J connectivity index is 2.93. The highest BCUT2D eigenvalue weighted by Gasteiger charge is 2.15. The molecule has 0 aliphatic carbocycles. The molecule has 1 aromatic rings. The molecule has 0 amide bonds. The minimum absolute atomic E-state index is 0.192. The number of rotatable bonds is 6. The fraction of sp³-hybridized carbons (Fsp3) is 0.538. The molecule has 0 spiro atoms. The maximum atomic E-state index is 13.7. The lowest BCUT2D eigenvalue weighted by Crippen LogP contribution is -2.20. The van der Waals surface area contributed by atoms with Crippen molar-refractivity contribution in [3.8, 4) is 5.75 Å². The summed E-state index contributed by atoms with van der Waals surface area (Å²) < 4.78 is 18.9. The molecule has 0 aliphatic heterocycles. The van der Waals surface area contributed by atoms with Crippen molar-refractivity contribution in [2.45, 2.75) is 19.4 Å². The van der Waals surface area contributed by atoms with Crippen LogP contribution in [0.5, 0.6) is 5.75 Å². The van der Waals surface area contributed by atoms with Gasteiger partial charge >= 0.3 is 0 Å². The van der Waals surface area contributed by atoms with Gasteiger partial charge in [0.25, 0.3) is 0 Å². The van der Waals surface area contributed by atoms with Crippen molar-refractivity contribution in [1.82, 2.24) is 4.90 Å². The van der Waals surface area contributed by atoms with E-state index in [-0.39, 0.29) is 11.9 Å². The van der Waals surface area contributed by atoms with Crippen molar-refractivity contribution < 1.29 is 9.13 Å². The van der Waals surface area contributed by atoms with Crippen LogP contribution in [0.3, 0.4) is 0 Å². The third kappa shape index (κ3) is 3.89. The molecule has 1 aromatic carbocycles. The van der Waals surface area contributed by atoms with Gasteiger partial charge in [-0.1, -0.05) is 6.07 Å². The second kappa shape index (κ2) is 6.87. The first-order valence-corrected chi connectivity index (χ1v) is 6.43. The van der Waals surface area contributed by atoms with Gasteiger partial charge in [0, 0.05) is 6.04 Å². The van der Waals surface area contributed by atoms with Crippen molar-refractivity contribution in [2.75, 3.05) is 26.5 Å². The predicted molar refractivity (Wildman–Crippen MR) is 72.5 cm³/mol. The molecule has 0 N–H and O–H groups in total. The monoisotopic (exact) mass is 257 g/mol. The van der Waals surface area contributed by atoms with E-state index in [9.17, 15) is 4.39 Å². The van der Waals surface area contributed by atoms with Gasteiger partial charge in [0.1, 0.15) is 0 Å². The summed E-state index contributed by atoms with van der Waals surface area (Å²) >= 11 is 4.24. The number of hydrogen-bond acceptors (Lipinski definition) is 3. The Morgan fingerprint density at radius 2 is 2.12 bits per heavy atom. The quantitative estimate of drug-likeness (QED) is 0.786. The summed E-state index contributed by atoms with van der Waals surface area (Å²) in [6.07, 6.45) is 0.892. The van der Waals surface area contributed by atoms with Crippen LogP contribution in [-0.2, 0) is 0 Å². The molecule has 0 bridgehead atoms. The predicted octanol–water partition coefficient (Wildman–Crippen LogP) is 3.15. The summed E-state index contributed by atoms with van der Waals surface area (Å²) in [5, 5.41) is 0. The molecule has 1 rings (SSSR count). The van der Waals surface area contributed by atoms with Crippen LogP contribution in [0.1, 0.15) is 24.9 Å². The molecule has 0 aliphatic rings. The van der Waals surface area contributed by atoms with Gasteiger partial charge in [-0.3, -0.25) is 0 Å². The van der Waals surface area contributed by atoms with E-state index in [2.05, 4.69) is 17.5 Å². The van der Waals surface area contributed by atoms with Gasteiger partial charge in [-0.2, -0.15) is 12.6 Å². The molecule has 0 saturated heterocycles. The van der Waals surface area contributed by atoms with Crippen LogP contribution in [-0.4, -0.2) is 31.4 Å². The third-order valence-corrected chi connectivity index (χ3v) is 2.92. The Kier molecular flexibility index (Phi) is 5.78. The van der Waals surface area contributed by atoms with Crippen LogP contribution in [0.25, 0.3) is 0 Å². The van der Waals surface area contributed by atoms with Gasteiger partial charge in [-0.25, -0.2) is 4.39 Å². The zero-order valence-corrected chi connectivity index (χ0v) is 11.5. The number of ether oxygens (including phenoxy) is 1. The summed E-state index contributed by atoms with van der Waals surface area (Å²) in [5.74, 6) is 0.799. The number of thiol groups is 1. The Morgan fingerprint density at radius 3 is 2.59 bits per heavy atom. The maximum absolute atomic E-state index is 13.7. The standard InChI is InChI=1S/C13H20FNOS/c1-4-16-13-6-5-10(9-11(13)14)12(7-8-17)15(2)3/h5-6,9,12,17H,4,7-8H2,1-3H3. The number of benzene rings is 1. The van der Waals surface area contributed by atoms with E-state index >= 15 is 0 Å². The summed E-state index contributed by atoms with van der Waals surface area (Å²) in [6.45, 7) is 2.32. The molecule has 0 fully saturated rings. The summed E-state index contributed by atoms with van der Waals surface area (Å²) in [4.78, 5) is 2.07. The van der Waals surface area contributed by atoms with E-state index in [0.717, 1.165) is 17.7 Å². The molecule has 17 heavy (non-hydrogen) atoms. The van der Waals surface area contributed by atoms with Gasteiger partial charge in [0.05, 0.1) is 6.61 Å². The summed E-state index contributed by atoms with van der Waals surface area (Å²) in [6, 6.07) is 5.36. The second-order valence-corrected chi connectivity index (χ2v) is 4.56. The van der Waals surface area contributed by atoms with Crippen molar-refractivity contribution in [3.63, 3.8) is 0 Å². The lowest BCUT2D eigenvalue weighted by molar-refractivity contribution is 0.290. The van der Waals surface area contributed by atoms with Gasteiger partial charge in [0.15, 0.2) is 11.6 Å². The van der Waals surface area contributed by atoms with Crippen molar-refractivity contribution in [2.24, 2.45) is 0 Å². The van der Waals surface area contributed by atoms with Crippen molar-refractivity contribution >= 4 is 12.6 Å². The third-order valence-electron chi connectivity index (χ3n) is 2.67. The zero-order chi connectivity index (χ0) is 12.8. The fourth-order valence-electron chi connectivity index (χ4n) is 1.84. The average Bonchev–Trinajstić information content (AvgIpc) is 2.28. The Morgan fingerprint density at radius 1 is 1.41 bits per heavy atom. The van der Waals surface area contributed by atoms with Gasteiger partial charge in [0.2, 0.25) is 0 Å². The van der Waals surface area contributed by atoms with Gasteiger partial charge in [-0.15, -0.1) is 0 Å². The molecule has 1 unspecified atom stereocenters. The smallest absolute Gasteiger partial charge is 0.165 e. The highest BCUT2D eigenvalue weighted by molar-refractivity contribution is 7.80. The number of nitrogens with zero attached hydrogens (tertiary/aromatic N) is 1. The van der Waals surface area contributed by atoms with Gasteiger partial charge in [-0.05, 0) is 50.9 Å². The van der Waals surface area contributed by atoms with Crippen LogP contribution in [0, 0.1) is 5.82 Å². The van der Waals surface area contributed by atoms with Crippen LogP contribution in [0.4, 0.5) is 4.39 Å². The first kappa shape index (κ1) is 14.3. The lowest BCUT2D eigenvalue weighted by Gasteiger charge is -2.24. The number of hydrogen-bond donors (Lipinski definition) is 1. The molecule has 0 heterocycles. The summed E-state index contributed by atoms with van der Waals surface area (Å²) in [5.41, 5.74) is 0.963. The zero-order valence-electron chi connectivity index (χ0n) is 10.6. The maximum Gasteiger partial charge on any atom is 0.165 e. The average molecular weight is 257 g/mol. The van der Waals surface area contributed by atoms with E-state index in [1.54, 1.807) is 12.1 Å². The molecule has 2 nitrogen and oxygen atoms in total. The Bertz CT molecular complexity index is 357. The van der Waals surface area contributed by atoms with E-state index in [0.29, 0.717) is 12.4 Å². The molecular formula is C13H20FNOS. The lowest BCUT2D eigenvalue weighted by atomic mass is 10.0. The second-order valence-electron chi connectivity index (χ2n) is 4.11. The van der Waals surface area contributed by atoms with Crippen LogP contribution in [0.2, 0.25) is 0 Å². The normalized spacial score (nSPS) is 12.8. The molecular weight excluding hydrogens is 237 g/mol. The van der Waals surface area contributed by atoms with E-state index in [4.69, 9.17) is 4.74 Å². The molecule has 4 heteroatoms. The molecule has 96 valence electrons. The Labute approximate surface area is 108 Å². The highest BCUT2D eigenvalue weighted by atomic mass is 32.1. The first-order valence-electron chi connectivity index (χ1n) is 5.79. The SMILES string of the molecule is CCOc1ccc(C(CCS)N(C)C)cc1F. The number of halogens is 1. The minimum atomic E-state index is -0.296. The largest absolute Gasteiger partial charge is 0.491 e. The first-order chi connectivity index (χ1) is 8.10. The highest BCUT2D eigenvalue weighted by Crippen LogP contribution is 2.27. The topological polar surface area (TPSA) is 12.5 Å². The van der Waals surface area contributed by atoms with Crippen molar-refractivity contribution in [1.29, 1.82) is 0 Å². The minimum Gasteiger partial charge on any atom is -0.491 e. The van der Waals surface area contributed by atoms with Gasteiger partial charge < -0.3 is 9.64 Å². The molecule has 0 aromatic heterocycles. The van der Waals surface area contributed by atoms with Crippen LogP contribution >= 0.6 is 12.6 Å². The fourth-order valence-corrected chi connectivity index (χ4v) is 2.09. The van der Waals surface area contributed by atoms with E-state index in [1.165, 1.54) is 0 Å². The van der Waals surface area contributed by atoms with Crippen LogP contribution in [0.15, 0.2) is 18.2 Å². The van der Waals surface area contributed by atoms with E-state index in [1.807, 2.05) is 27.1 Å². The molecule has 0 saturated carbocycles.